The molecule has 2 saturated carbocycles. The van der Waals surface area contributed by atoms with Gasteiger partial charge in [-0.15, -0.1) is 0 Å². The molecule has 0 aromatic heterocycles. The van der Waals surface area contributed by atoms with Crippen LogP contribution in [-0.2, 0) is 51.7 Å². The Morgan fingerprint density at radius 2 is 1.44 bits per heavy atom. The van der Waals surface area contributed by atoms with Crippen molar-refractivity contribution in [3.8, 4) is 0 Å². The number of amides is 1. The molecule has 77 heavy (non-hydrogen) atoms. The SMILES string of the molecule is CC[Si](CC)(CC)O[C@H]1C[C@H]2OC[C@@]2(OC(C)=O)[C@H]2[C@H](OC(=O)c3cccc(F)c3)[C@]3(O)C[C@H](OC(=O)[C@H](O[Si](C)(C)C(C)(C)C)[C@@H](NC(=O)c4ccccc4)c4ccccc4)C(C)=C([C@@H](OC(C)=O)C(=O)[C@]12C)C3(C)C. The summed E-state index contributed by atoms with van der Waals surface area (Å²) < 4.78 is 61.7. The van der Waals surface area contributed by atoms with Gasteiger partial charge in [0.05, 0.1) is 35.6 Å². The number of aliphatic hydroxyl groups is 1. The highest BCUT2D eigenvalue weighted by Crippen LogP contribution is 2.65. The Labute approximate surface area is 454 Å². The maximum atomic E-state index is 16.6. The molecule has 0 radical (unpaired) electrons. The number of carbonyl (C=O) groups excluding carboxylic acids is 6. The van der Waals surface area contributed by atoms with Gasteiger partial charge in [-0.05, 0) is 97.2 Å². The van der Waals surface area contributed by atoms with Gasteiger partial charge in [0.25, 0.3) is 5.91 Å². The third-order valence-electron chi connectivity index (χ3n) is 18.0. The number of benzene rings is 3. The van der Waals surface area contributed by atoms with Crippen molar-refractivity contribution in [3.63, 3.8) is 0 Å². The van der Waals surface area contributed by atoms with Gasteiger partial charge < -0.3 is 43.0 Å². The monoisotopic (exact) mass is 1100 g/mol. The molecule has 0 spiro atoms. The molecule has 15 nitrogen and oxygen atoms in total. The van der Waals surface area contributed by atoms with E-state index in [1.165, 1.54) is 19.1 Å². The molecule has 3 aliphatic carbocycles. The average molecular weight is 1100 g/mol. The van der Waals surface area contributed by atoms with E-state index in [9.17, 15) is 24.3 Å². The first kappa shape index (κ1) is 59.3. The van der Waals surface area contributed by atoms with Crippen LogP contribution in [0, 0.1) is 22.6 Å². The number of hydrogen-bond donors (Lipinski definition) is 2. The van der Waals surface area contributed by atoms with Crippen molar-refractivity contribution in [2.75, 3.05) is 6.61 Å². The van der Waals surface area contributed by atoms with Gasteiger partial charge in [-0.2, -0.15) is 0 Å². The molecule has 1 saturated heterocycles. The van der Waals surface area contributed by atoms with Crippen molar-refractivity contribution < 1.29 is 70.8 Å². The smallest absolute Gasteiger partial charge is 0.338 e. The molecule has 418 valence electrons. The Bertz CT molecular complexity index is 2750. The van der Waals surface area contributed by atoms with Gasteiger partial charge in [0.1, 0.15) is 29.7 Å². The first-order valence-corrected chi connectivity index (χ1v) is 32.3. The lowest BCUT2D eigenvalue weighted by Crippen LogP contribution is -2.82. The van der Waals surface area contributed by atoms with E-state index in [-0.39, 0.29) is 29.7 Å². The summed E-state index contributed by atoms with van der Waals surface area (Å²) in [5.74, 6) is -7.06. The largest absolute Gasteiger partial charge is 0.456 e. The Morgan fingerprint density at radius 3 is 1.97 bits per heavy atom. The van der Waals surface area contributed by atoms with Gasteiger partial charge in [0.2, 0.25) is 0 Å². The van der Waals surface area contributed by atoms with Crippen LogP contribution in [0.5, 0.6) is 0 Å². The Morgan fingerprint density at radius 1 is 0.844 bits per heavy atom. The summed E-state index contributed by atoms with van der Waals surface area (Å²) in [6.07, 6.45) is -9.09. The van der Waals surface area contributed by atoms with E-state index in [1.807, 2.05) is 54.6 Å². The van der Waals surface area contributed by atoms with E-state index in [0.29, 0.717) is 29.3 Å². The molecule has 1 heterocycles. The second-order valence-corrected chi connectivity index (χ2v) is 33.2. The maximum Gasteiger partial charge on any atom is 0.338 e. The minimum Gasteiger partial charge on any atom is -0.456 e. The number of esters is 4. The first-order chi connectivity index (χ1) is 36.0. The summed E-state index contributed by atoms with van der Waals surface area (Å²) in [6.45, 7) is 24.6. The highest BCUT2D eigenvalue weighted by atomic mass is 28.4. The Hall–Kier alpha value is -5.38. The number of Topliss-reactive ketones (excluding diaryl/α,β-unsaturated/α-hetero) is 1. The molecule has 2 N–H and O–H groups in total. The number of ether oxygens (including phenoxy) is 5. The standard InChI is InChI=1S/C59H78FNO14Si2/c1-15-77(16-2,17-3)74-43-32-44-58(34-69-44,73-37(6)63)49-51(72-53(66)40-29-24-30-41(60)31-40)59(68)33-42(35(4)45(56(59,10)11)47(70-36(5)62)50(64)57(43,49)12)71-54(67)48(75-76(13,14)55(7,8)9)46(38-25-20-18-21-26-38)61-52(65)39-27-22-19-23-28-39/h18-31,42-44,46-49,51,68H,15-17,32-34H2,1-14H3,(H,61,65)/t42-,43-,44+,46-,47+,48+,49-,51-,57+,58-,59+/m0/s1. The molecule has 4 aliphatic rings. The molecule has 11 atom stereocenters. The van der Waals surface area contributed by atoms with Crippen LogP contribution in [-0.4, -0.2) is 112 Å². The molecule has 3 aromatic rings. The van der Waals surface area contributed by atoms with Crippen LogP contribution in [0.3, 0.4) is 0 Å². The molecule has 1 aliphatic heterocycles. The first-order valence-electron chi connectivity index (χ1n) is 26.9. The fourth-order valence-corrected chi connectivity index (χ4v) is 16.4. The Balaban J connectivity index is 1.50. The average Bonchev–Trinajstić information content (AvgIpc) is 3.36. The van der Waals surface area contributed by atoms with Gasteiger partial charge in [-0.3, -0.25) is 19.2 Å². The number of hydrogen-bond acceptors (Lipinski definition) is 14. The van der Waals surface area contributed by atoms with Crippen molar-refractivity contribution in [3.05, 3.63) is 119 Å². The number of nitrogens with one attached hydrogen (secondary N) is 1. The lowest BCUT2D eigenvalue weighted by molar-refractivity contribution is -0.344. The van der Waals surface area contributed by atoms with Crippen molar-refractivity contribution >= 4 is 52.2 Å². The zero-order chi connectivity index (χ0) is 56.8. The van der Waals surface area contributed by atoms with Crippen LogP contribution in [0.15, 0.2) is 96.1 Å². The normalized spacial score (nSPS) is 28.7. The zero-order valence-corrected chi connectivity index (χ0v) is 49.1. The van der Waals surface area contributed by atoms with Crippen LogP contribution in [0.25, 0.3) is 0 Å². The fraction of sp³-hybridized carbons (Fsp3) is 0.559. The topological polar surface area (TPSA) is 199 Å². The summed E-state index contributed by atoms with van der Waals surface area (Å²) in [6, 6.07) is 23.0. The number of rotatable bonds is 17. The van der Waals surface area contributed by atoms with E-state index in [1.54, 1.807) is 88.4 Å². The van der Waals surface area contributed by atoms with Crippen LogP contribution < -0.4 is 5.32 Å². The minimum atomic E-state index is -2.97. The maximum absolute atomic E-state index is 16.6. The molecular formula is C59H78FNO14Si2. The van der Waals surface area contributed by atoms with Crippen molar-refractivity contribution in [2.45, 2.75) is 186 Å². The van der Waals surface area contributed by atoms with E-state index in [4.69, 9.17) is 32.5 Å². The van der Waals surface area contributed by atoms with Gasteiger partial charge in [-0.25, -0.2) is 14.0 Å². The number of carbonyl (C=O) groups is 6. The summed E-state index contributed by atoms with van der Waals surface area (Å²) in [5, 5.41) is 17.0. The molecular weight excluding hydrogens is 1020 g/mol. The highest BCUT2D eigenvalue weighted by Gasteiger charge is 2.79. The van der Waals surface area contributed by atoms with Crippen LogP contribution >= 0.6 is 0 Å². The molecule has 2 bridgehead atoms. The van der Waals surface area contributed by atoms with Crippen LogP contribution in [0.1, 0.15) is 128 Å². The van der Waals surface area contributed by atoms with E-state index >= 15 is 14.0 Å². The summed E-state index contributed by atoms with van der Waals surface area (Å²) in [5.41, 5.74) is -6.85. The van der Waals surface area contributed by atoms with Crippen molar-refractivity contribution in [1.82, 2.24) is 5.32 Å². The number of fused-ring (bicyclic) bond motifs is 5. The number of halogens is 1. The molecule has 0 unspecified atom stereocenters. The van der Waals surface area contributed by atoms with Crippen molar-refractivity contribution in [1.29, 1.82) is 0 Å². The zero-order valence-electron chi connectivity index (χ0n) is 47.1. The van der Waals surface area contributed by atoms with Gasteiger partial charge >= 0.3 is 23.9 Å². The second kappa shape index (κ2) is 22.0. The molecule has 1 amide bonds. The summed E-state index contributed by atoms with van der Waals surface area (Å²) >= 11 is 0. The van der Waals surface area contributed by atoms with Gasteiger partial charge in [-0.1, -0.05) is 110 Å². The summed E-state index contributed by atoms with van der Waals surface area (Å²) in [7, 11) is -5.67. The molecule has 7 rings (SSSR count). The van der Waals surface area contributed by atoms with Crippen LogP contribution in [0.2, 0.25) is 36.3 Å². The molecule has 3 fully saturated rings. The number of ketones is 1. The minimum absolute atomic E-state index is 0.0389. The second-order valence-electron chi connectivity index (χ2n) is 23.7. The molecule has 3 aromatic carbocycles. The predicted molar refractivity (Wildman–Crippen MR) is 290 cm³/mol. The van der Waals surface area contributed by atoms with Crippen molar-refractivity contribution in [2.24, 2.45) is 16.7 Å². The highest BCUT2D eigenvalue weighted by molar-refractivity contribution is 6.74. The van der Waals surface area contributed by atoms with E-state index in [2.05, 4.69) is 5.32 Å². The predicted octanol–water partition coefficient (Wildman–Crippen LogP) is 9.93. The fourth-order valence-electron chi connectivity index (χ4n) is 12.3. The Kier molecular flexibility index (Phi) is 17.0. The third-order valence-corrected chi connectivity index (χ3v) is 27.1. The molecule has 18 heteroatoms. The summed E-state index contributed by atoms with van der Waals surface area (Å²) in [4.78, 5) is 88.6. The quantitative estimate of drug-likeness (QED) is 0.0560. The van der Waals surface area contributed by atoms with E-state index in [0.717, 1.165) is 19.1 Å². The van der Waals surface area contributed by atoms with Crippen LogP contribution in [0.4, 0.5) is 4.39 Å². The lowest BCUT2D eigenvalue weighted by Gasteiger charge is -2.68. The third kappa shape index (κ3) is 10.8. The van der Waals surface area contributed by atoms with Gasteiger partial charge in [0.15, 0.2) is 40.2 Å². The van der Waals surface area contributed by atoms with E-state index < -0.39 is 140 Å². The lowest BCUT2D eigenvalue weighted by atomic mass is 9.44. The van der Waals surface area contributed by atoms with Gasteiger partial charge in [0, 0.05) is 37.7 Å².